The van der Waals surface area contributed by atoms with E-state index in [9.17, 15) is 9.59 Å². The quantitative estimate of drug-likeness (QED) is 0.720. The lowest BCUT2D eigenvalue weighted by Crippen LogP contribution is -2.69. The Morgan fingerprint density at radius 3 is 2.75 bits per heavy atom. The van der Waals surface area contributed by atoms with Crippen LogP contribution in [0, 0.1) is 11.3 Å². The fourth-order valence-corrected chi connectivity index (χ4v) is 4.38. The number of carboxylic acid groups (broad SMARTS) is 1. The van der Waals surface area contributed by atoms with Crippen LogP contribution in [0.3, 0.4) is 0 Å². The zero-order valence-corrected chi connectivity index (χ0v) is 11.6. The van der Waals surface area contributed by atoms with Crippen LogP contribution in [0.1, 0.15) is 38.5 Å². The zero-order valence-electron chi connectivity index (χ0n) is 11.6. The van der Waals surface area contributed by atoms with Crippen molar-refractivity contribution >= 4 is 12.0 Å². The minimum Gasteiger partial charge on any atom is -0.481 e. The molecule has 0 aromatic carbocycles. The van der Waals surface area contributed by atoms with Crippen LogP contribution in [0.2, 0.25) is 0 Å². The van der Waals surface area contributed by atoms with Crippen molar-refractivity contribution in [1.82, 2.24) is 10.6 Å². The van der Waals surface area contributed by atoms with E-state index in [4.69, 9.17) is 9.84 Å². The third-order valence-electron chi connectivity index (χ3n) is 5.20. The van der Waals surface area contributed by atoms with Crippen molar-refractivity contribution in [3.63, 3.8) is 0 Å². The first-order valence-electron chi connectivity index (χ1n) is 7.51. The van der Waals surface area contributed by atoms with Gasteiger partial charge in [-0.2, -0.15) is 0 Å². The van der Waals surface area contributed by atoms with Crippen molar-refractivity contribution in [2.75, 3.05) is 13.2 Å². The highest BCUT2D eigenvalue weighted by Crippen LogP contribution is 2.60. The van der Waals surface area contributed by atoms with Crippen molar-refractivity contribution in [2.45, 2.75) is 50.7 Å². The number of fused-ring (bicyclic) bond motifs is 2. The number of nitrogens with one attached hydrogen (secondary N) is 2. The molecule has 2 saturated carbocycles. The van der Waals surface area contributed by atoms with Crippen LogP contribution in [0.25, 0.3) is 0 Å². The summed E-state index contributed by atoms with van der Waals surface area (Å²) in [5, 5.41) is 14.3. The molecule has 2 amide bonds. The van der Waals surface area contributed by atoms with Crippen molar-refractivity contribution in [3.8, 4) is 0 Å². The predicted molar refractivity (Wildman–Crippen MR) is 71.3 cm³/mol. The van der Waals surface area contributed by atoms with E-state index < -0.39 is 5.97 Å². The molecule has 1 spiro atoms. The molecule has 20 heavy (non-hydrogen) atoms. The molecule has 6 heteroatoms. The molecule has 112 valence electrons. The highest BCUT2D eigenvalue weighted by Gasteiger charge is 2.65. The summed E-state index contributed by atoms with van der Waals surface area (Å²) >= 11 is 0. The van der Waals surface area contributed by atoms with Crippen LogP contribution in [0.4, 0.5) is 4.79 Å². The van der Waals surface area contributed by atoms with Crippen molar-refractivity contribution in [1.29, 1.82) is 0 Å². The van der Waals surface area contributed by atoms with E-state index in [1.807, 2.05) is 0 Å². The molecule has 3 aliphatic rings. The van der Waals surface area contributed by atoms with Gasteiger partial charge in [0, 0.05) is 30.5 Å². The number of rotatable bonds is 4. The number of hydrogen-bond acceptors (Lipinski definition) is 3. The molecular weight excluding hydrogens is 260 g/mol. The maximum Gasteiger partial charge on any atom is 0.315 e. The Morgan fingerprint density at radius 2 is 2.05 bits per heavy atom. The summed E-state index contributed by atoms with van der Waals surface area (Å²) in [7, 11) is 0. The van der Waals surface area contributed by atoms with E-state index >= 15 is 0 Å². The summed E-state index contributed by atoms with van der Waals surface area (Å²) < 4.78 is 5.86. The summed E-state index contributed by atoms with van der Waals surface area (Å²) in [5.74, 6) is -0.455. The average Bonchev–Trinajstić information content (AvgIpc) is 3.04. The van der Waals surface area contributed by atoms with Gasteiger partial charge in [0.1, 0.15) is 0 Å². The Kier molecular flexibility index (Phi) is 3.58. The number of aliphatic carboxylic acids is 1. The van der Waals surface area contributed by atoms with Gasteiger partial charge in [0.15, 0.2) is 0 Å². The van der Waals surface area contributed by atoms with Crippen LogP contribution in [0.15, 0.2) is 0 Å². The molecular formula is C14H22N2O4. The maximum absolute atomic E-state index is 11.9. The SMILES string of the molecule is O=C(O)CCNC(=O)NC1C2CCOC2C12CCCC2. The second-order valence-electron chi connectivity index (χ2n) is 6.21. The van der Waals surface area contributed by atoms with E-state index in [1.165, 1.54) is 12.8 Å². The van der Waals surface area contributed by atoms with Gasteiger partial charge in [-0.25, -0.2) is 4.79 Å². The Balaban J connectivity index is 1.56. The highest BCUT2D eigenvalue weighted by atomic mass is 16.5. The van der Waals surface area contributed by atoms with E-state index in [-0.39, 0.29) is 30.5 Å². The number of amides is 2. The van der Waals surface area contributed by atoms with E-state index in [2.05, 4.69) is 10.6 Å². The molecule has 3 N–H and O–H groups in total. The second-order valence-corrected chi connectivity index (χ2v) is 6.21. The molecule has 0 radical (unpaired) electrons. The zero-order chi connectivity index (χ0) is 14.2. The van der Waals surface area contributed by atoms with Gasteiger partial charge in [-0.15, -0.1) is 0 Å². The molecule has 3 fully saturated rings. The number of carbonyl (C=O) groups is 2. The maximum atomic E-state index is 11.9. The number of carbonyl (C=O) groups excluding carboxylic acids is 1. The average molecular weight is 282 g/mol. The van der Waals surface area contributed by atoms with Gasteiger partial charge < -0.3 is 20.5 Å². The summed E-state index contributed by atoms with van der Waals surface area (Å²) in [6.07, 6.45) is 6.00. The fraction of sp³-hybridized carbons (Fsp3) is 0.857. The molecule has 2 aliphatic carbocycles. The number of carboxylic acids is 1. The van der Waals surface area contributed by atoms with Gasteiger partial charge in [0.2, 0.25) is 0 Å². The summed E-state index contributed by atoms with van der Waals surface area (Å²) in [6, 6.07) is -0.0461. The van der Waals surface area contributed by atoms with E-state index in [0.29, 0.717) is 12.0 Å². The first-order valence-corrected chi connectivity index (χ1v) is 7.51. The normalized spacial score (nSPS) is 33.5. The molecule has 1 aliphatic heterocycles. The fourth-order valence-electron chi connectivity index (χ4n) is 4.38. The van der Waals surface area contributed by atoms with Gasteiger partial charge in [-0.3, -0.25) is 4.79 Å². The van der Waals surface area contributed by atoms with E-state index in [0.717, 1.165) is 25.9 Å². The smallest absolute Gasteiger partial charge is 0.315 e. The number of hydrogen-bond donors (Lipinski definition) is 3. The summed E-state index contributed by atoms with van der Waals surface area (Å²) in [6.45, 7) is 0.974. The highest BCUT2D eigenvalue weighted by molar-refractivity contribution is 5.75. The molecule has 0 aromatic heterocycles. The molecule has 6 nitrogen and oxygen atoms in total. The van der Waals surface area contributed by atoms with E-state index in [1.54, 1.807) is 0 Å². The topological polar surface area (TPSA) is 87.7 Å². The number of ether oxygens (including phenoxy) is 1. The van der Waals surface area contributed by atoms with Crippen molar-refractivity contribution < 1.29 is 19.4 Å². The molecule has 0 aromatic rings. The van der Waals surface area contributed by atoms with Crippen molar-refractivity contribution in [3.05, 3.63) is 0 Å². The second kappa shape index (κ2) is 5.24. The van der Waals surface area contributed by atoms with Crippen LogP contribution in [-0.4, -0.2) is 42.4 Å². The Morgan fingerprint density at radius 1 is 1.30 bits per heavy atom. The number of urea groups is 1. The molecule has 1 saturated heterocycles. The van der Waals surface area contributed by atoms with Crippen LogP contribution >= 0.6 is 0 Å². The van der Waals surface area contributed by atoms with Gasteiger partial charge in [0.25, 0.3) is 0 Å². The first-order chi connectivity index (χ1) is 9.63. The standard InChI is InChI=1S/C14H22N2O4/c17-10(18)3-7-15-13(19)16-11-9-4-8-20-12(9)14(11)5-1-2-6-14/h9,11-12H,1-8H2,(H,17,18)(H2,15,16,19). The molecule has 3 unspecified atom stereocenters. The monoisotopic (exact) mass is 282 g/mol. The summed E-state index contributed by atoms with van der Waals surface area (Å²) in [4.78, 5) is 22.3. The van der Waals surface area contributed by atoms with Crippen LogP contribution < -0.4 is 10.6 Å². The lowest BCUT2D eigenvalue weighted by Gasteiger charge is -2.56. The molecule has 0 bridgehead atoms. The minimum absolute atomic E-state index is 0.0433. The predicted octanol–water partition coefficient (Wildman–Crippen LogP) is 1.11. The third-order valence-corrected chi connectivity index (χ3v) is 5.20. The third kappa shape index (κ3) is 2.16. The van der Waals surface area contributed by atoms with Crippen LogP contribution in [-0.2, 0) is 9.53 Å². The van der Waals surface area contributed by atoms with Gasteiger partial charge in [0.05, 0.1) is 12.5 Å². The molecule has 3 rings (SSSR count). The van der Waals surface area contributed by atoms with Crippen molar-refractivity contribution in [2.24, 2.45) is 11.3 Å². The lowest BCUT2D eigenvalue weighted by molar-refractivity contribution is -0.136. The lowest BCUT2D eigenvalue weighted by atomic mass is 9.54. The van der Waals surface area contributed by atoms with Gasteiger partial charge >= 0.3 is 12.0 Å². The molecule has 1 heterocycles. The van der Waals surface area contributed by atoms with Crippen LogP contribution in [0.5, 0.6) is 0 Å². The Hall–Kier alpha value is -1.30. The minimum atomic E-state index is -0.898. The first kappa shape index (κ1) is 13.7. The largest absolute Gasteiger partial charge is 0.481 e. The summed E-state index contributed by atoms with van der Waals surface area (Å²) in [5.41, 5.74) is 0.144. The molecule has 3 atom stereocenters. The Labute approximate surface area is 118 Å². The Bertz CT molecular complexity index is 406. The van der Waals surface area contributed by atoms with Gasteiger partial charge in [-0.1, -0.05) is 12.8 Å². The van der Waals surface area contributed by atoms with Gasteiger partial charge in [-0.05, 0) is 19.3 Å².